The van der Waals surface area contributed by atoms with Crippen molar-refractivity contribution in [1.82, 2.24) is 10.2 Å². The topological polar surface area (TPSA) is 76.1 Å². The number of methoxy groups -OCH3 is 1. The lowest BCUT2D eigenvalue weighted by Gasteiger charge is -2.09. The SMILES string of the molecule is COc1ccccc1C(=O)Nc1ccc(NCc2ccccc2Cl)nn1. The summed E-state index contributed by atoms with van der Waals surface area (Å²) in [6, 6.07) is 18.0. The van der Waals surface area contributed by atoms with Crippen LogP contribution in [0.1, 0.15) is 15.9 Å². The lowest BCUT2D eigenvalue weighted by molar-refractivity contribution is 0.102. The number of aromatic nitrogens is 2. The van der Waals surface area contributed by atoms with Gasteiger partial charge < -0.3 is 15.4 Å². The van der Waals surface area contributed by atoms with E-state index in [1.165, 1.54) is 7.11 Å². The second-order valence-corrected chi connectivity index (χ2v) is 5.81. The highest BCUT2D eigenvalue weighted by Crippen LogP contribution is 2.19. The Balaban J connectivity index is 1.62. The molecule has 0 fully saturated rings. The average molecular weight is 369 g/mol. The number of carbonyl (C=O) groups is 1. The molecule has 0 saturated carbocycles. The molecule has 132 valence electrons. The summed E-state index contributed by atoms with van der Waals surface area (Å²) in [6.07, 6.45) is 0. The van der Waals surface area contributed by atoms with E-state index in [2.05, 4.69) is 20.8 Å². The first-order chi connectivity index (χ1) is 12.7. The molecule has 0 radical (unpaired) electrons. The van der Waals surface area contributed by atoms with Crippen molar-refractivity contribution >= 4 is 29.1 Å². The van der Waals surface area contributed by atoms with Gasteiger partial charge in [0.25, 0.3) is 5.91 Å². The van der Waals surface area contributed by atoms with Crippen LogP contribution in [0.15, 0.2) is 60.7 Å². The van der Waals surface area contributed by atoms with Gasteiger partial charge in [-0.1, -0.05) is 41.9 Å². The molecular formula is C19H17ClN4O2. The van der Waals surface area contributed by atoms with Crippen molar-refractivity contribution in [3.8, 4) is 5.75 Å². The maximum absolute atomic E-state index is 12.3. The minimum atomic E-state index is -0.312. The summed E-state index contributed by atoms with van der Waals surface area (Å²) in [5, 5.41) is 14.6. The average Bonchev–Trinajstić information content (AvgIpc) is 2.68. The van der Waals surface area contributed by atoms with Crippen LogP contribution in [0.25, 0.3) is 0 Å². The predicted octanol–water partition coefficient (Wildman–Crippen LogP) is 4.00. The molecule has 0 aliphatic heterocycles. The van der Waals surface area contributed by atoms with Crippen molar-refractivity contribution in [2.75, 3.05) is 17.7 Å². The molecule has 0 spiro atoms. The van der Waals surface area contributed by atoms with Gasteiger partial charge in [0, 0.05) is 11.6 Å². The van der Waals surface area contributed by atoms with Crippen LogP contribution in [-0.4, -0.2) is 23.2 Å². The van der Waals surface area contributed by atoms with Crippen molar-refractivity contribution in [2.45, 2.75) is 6.54 Å². The molecule has 6 nitrogen and oxygen atoms in total. The number of ether oxygens (including phenoxy) is 1. The fourth-order valence-corrected chi connectivity index (χ4v) is 2.54. The third-order valence-electron chi connectivity index (χ3n) is 3.68. The van der Waals surface area contributed by atoms with E-state index in [1.54, 1.807) is 36.4 Å². The van der Waals surface area contributed by atoms with Crippen molar-refractivity contribution in [1.29, 1.82) is 0 Å². The standard InChI is InChI=1S/C19H17ClN4O2/c1-26-16-9-5-3-7-14(16)19(25)22-18-11-10-17(23-24-18)21-12-13-6-2-4-8-15(13)20/h2-11H,12H2,1H3,(H,21,23)(H,22,24,25). The first-order valence-corrected chi connectivity index (χ1v) is 8.30. The number of nitrogens with zero attached hydrogens (tertiary/aromatic N) is 2. The molecule has 1 heterocycles. The quantitative estimate of drug-likeness (QED) is 0.687. The maximum atomic E-state index is 12.3. The summed E-state index contributed by atoms with van der Waals surface area (Å²) >= 11 is 6.12. The van der Waals surface area contributed by atoms with E-state index in [-0.39, 0.29) is 5.91 Å². The molecule has 7 heteroatoms. The Morgan fingerprint density at radius 3 is 2.42 bits per heavy atom. The number of halogens is 1. The Morgan fingerprint density at radius 2 is 1.69 bits per heavy atom. The number of benzene rings is 2. The summed E-state index contributed by atoms with van der Waals surface area (Å²) in [5.74, 6) is 1.12. The number of nitrogens with one attached hydrogen (secondary N) is 2. The maximum Gasteiger partial charge on any atom is 0.260 e. The first kappa shape index (κ1) is 17.7. The zero-order valence-corrected chi connectivity index (χ0v) is 14.8. The molecule has 2 N–H and O–H groups in total. The van der Waals surface area contributed by atoms with Crippen LogP contribution in [0.3, 0.4) is 0 Å². The van der Waals surface area contributed by atoms with Crippen molar-refractivity contribution in [3.63, 3.8) is 0 Å². The summed E-state index contributed by atoms with van der Waals surface area (Å²) in [6.45, 7) is 0.529. The Kier molecular flexibility index (Phi) is 5.66. The molecular weight excluding hydrogens is 352 g/mol. The van der Waals surface area contributed by atoms with E-state index in [1.807, 2.05) is 24.3 Å². The van der Waals surface area contributed by atoms with Crippen molar-refractivity contribution in [3.05, 3.63) is 76.8 Å². The lowest BCUT2D eigenvalue weighted by Crippen LogP contribution is -2.14. The van der Waals surface area contributed by atoms with E-state index in [9.17, 15) is 4.79 Å². The van der Waals surface area contributed by atoms with Gasteiger partial charge >= 0.3 is 0 Å². The molecule has 26 heavy (non-hydrogen) atoms. The molecule has 1 aromatic heterocycles. The van der Waals surface area contributed by atoms with E-state index >= 15 is 0 Å². The van der Waals surface area contributed by atoms with Crippen LogP contribution in [0.5, 0.6) is 5.75 Å². The molecule has 0 unspecified atom stereocenters. The van der Waals surface area contributed by atoms with E-state index in [4.69, 9.17) is 16.3 Å². The van der Waals surface area contributed by atoms with E-state index < -0.39 is 0 Å². The largest absolute Gasteiger partial charge is 0.496 e. The van der Waals surface area contributed by atoms with Crippen LogP contribution < -0.4 is 15.4 Å². The highest BCUT2D eigenvalue weighted by atomic mass is 35.5. The van der Waals surface area contributed by atoms with Gasteiger partial charge in [0.2, 0.25) is 0 Å². The van der Waals surface area contributed by atoms with Gasteiger partial charge in [0.05, 0.1) is 12.7 Å². The lowest BCUT2D eigenvalue weighted by atomic mass is 10.2. The number of rotatable bonds is 6. The number of anilines is 2. The second kappa shape index (κ2) is 8.31. The number of hydrogen-bond acceptors (Lipinski definition) is 5. The zero-order valence-electron chi connectivity index (χ0n) is 14.1. The van der Waals surface area contributed by atoms with Crippen LogP contribution in [-0.2, 0) is 6.54 Å². The Morgan fingerprint density at radius 1 is 1.00 bits per heavy atom. The summed E-state index contributed by atoms with van der Waals surface area (Å²) in [7, 11) is 1.52. The van der Waals surface area contributed by atoms with Gasteiger partial charge in [-0.25, -0.2) is 0 Å². The number of carbonyl (C=O) groups excluding carboxylic acids is 1. The van der Waals surface area contributed by atoms with Crippen molar-refractivity contribution in [2.24, 2.45) is 0 Å². The Bertz CT molecular complexity index is 900. The van der Waals surface area contributed by atoms with Crippen LogP contribution in [0.2, 0.25) is 5.02 Å². The number of hydrogen-bond donors (Lipinski definition) is 2. The second-order valence-electron chi connectivity index (χ2n) is 5.40. The Labute approximate surface area is 156 Å². The summed E-state index contributed by atoms with van der Waals surface area (Å²) in [4.78, 5) is 12.3. The number of para-hydroxylation sites is 1. The molecule has 1 amide bonds. The minimum Gasteiger partial charge on any atom is -0.496 e. The van der Waals surface area contributed by atoms with Crippen LogP contribution >= 0.6 is 11.6 Å². The van der Waals surface area contributed by atoms with Gasteiger partial charge in [-0.2, -0.15) is 0 Å². The molecule has 0 saturated heterocycles. The zero-order chi connectivity index (χ0) is 18.4. The first-order valence-electron chi connectivity index (χ1n) is 7.93. The van der Waals surface area contributed by atoms with E-state index in [0.717, 1.165) is 5.56 Å². The molecule has 0 aliphatic rings. The number of amides is 1. The fourth-order valence-electron chi connectivity index (χ4n) is 2.34. The highest BCUT2D eigenvalue weighted by Gasteiger charge is 2.12. The molecule has 0 atom stereocenters. The van der Waals surface area contributed by atoms with Gasteiger partial charge in [0.1, 0.15) is 11.6 Å². The van der Waals surface area contributed by atoms with Gasteiger partial charge in [0.15, 0.2) is 5.82 Å². The summed E-state index contributed by atoms with van der Waals surface area (Å²) in [5.41, 5.74) is 1.39. The monoisotopic (exact) mass is 368 g/mol. The third kappa shape index (κ3) is 4.29. The third-order valence-corrected chi connectivity index (χ3v) is 4.04. The van der Waals surface area contributed by atoms with Crippen molar-refractivity contribution < 1.29 is 9.53 Å². The molecule has 3 aromatic rings. The van der Waals surface area contributed by atoms with Gasteiger partial charge in [-0.3, -0.25) is 4.79 Å². The minimum absolute atomic E-state index is 0.312. The highest BCUT2D eigenvalue weighted by molar-refractivity contribution is 6.31. The smallest absolute Gasteiger partial charge is 0.260 e. The predicted molar refractivity (Wildman–Crippen MR) is 102 cm³/mol. The molecule has 3 rings (SSSR count). The Hall–Kier alpha value is -3.12. The van der Waals surface area contributed by atoms with Crippen LogP contribution in [0, 0.1) is 0 Å². The molecule has 2 aromatic carbocycles. The van der Waals surface area contributed by atoms with Crippen LogP contribution in [0.4, 0.5) is 11.6 Å². The molecule has 0 aliphatic carbocycles. The summed E-state index contributed by atoms with van der Waals surface area (Å²) < 4.78 is 5.19. The normalized spacial score (nSPS) is 10.2. The van der Waals surface area contributed by atoms with Gasteiger partial charge in [-0.15, -0.1) is 10.2 Å². The fraction of sp³-hybridized carbons (Fsp3) is 0.105. The van der Waals surface area contributed by atoms with Gasteiger partial charge in [-0.05, 0) is 35.9 Å². The molecule has 0 bridgehead atoms. The van der Waals surface area contributed by atoms with E-state index in [0.29, 0.717) is 34.5 Å².